The van der Waals surface area contributed by atoms with Gasteiger partial charge in [0.2, 0.25) is 0 Å². The number of rotatable bonds is 2. The molecule has 0 unspecified atom stereocenters. The van der Waals surface area contributed by atoms with Crippen LogP contribution in [0.1, 0.15) is 24.3 Å². The van der Waals surface area contributed by atoms with Crippen LogP contribution < -0.4 is 10.1 Å². The van der Waals surface area contributed by atoms with Crippen LogP contribution in [0.25, 0.3) is 0 Å². The van der Waals surface area contributed by atoms with Gasteiger partial charge in [0.15, 0.2) is 0 Å². The minimum absolute atomic E-state index is 0.405. The number of hydrogen-bond acceptors (Lipinski definition) is 2. The highest BCUT2D eigenvalue weighted by Crippen LogP contribution is 2.44. The highest BCUT2D eigenvalue weighted by Gasteiger charge is 2.26. The Balaban J connectivity index is 2.18. The van der Waals surface area contributed by atoms with Crippen LogP contribution in [-0.2, 0) is 0 Å². The fourth-order valence-corrected chi connectivity index (χ4v) is 1.46. The maximum atomic E-state index is 11.0. The lowest BCUT2D eigenvalue weighted by atomic mass is 10.1. The van der Waals surface area contributed by atoms with Gasteiger partial charge >= 0.3 is 6.09 Å². The summed E-state index contributed by atoms with van der Waals surface area (Å²) in [6.07, 6.45) is 2.00. The summed E-state index contributed by atoms with van der Waals surface area (Å²) in [5.74, 6) is 1.28. The number of ether oxygens (including phenoxy) is 1. The van der Waals surface area contributed by atoms with Crippen LogP contribution in [0.5, 0.6) is 5.75 Å². The fraction of sp³-hybridized carbons (Fsp3) is 0.364. The molecule has 3 nitrogen and oxygen atoms in total. The summed E-state index contributed by atoms with van der Waals surface area (Å²) < 4.78 is 5.15. The van der Waals surface area contributed by atoms with Gasteiger partial charge in [-0.25, -0.2) is 4.79 Å². The van der Waals surface area contributed by atoms with Crippen molar-refractivity contribution in [2.24, 2.45) is 0 Å². The molecule has 0 bridgehead atoms. The number of nitrogens with one attached hydrogen (secondary N) is 1. The van der Waals surface area contributed by atoms with Crippen LogP contribution in [0, 0.1) is 0 Å². The Bertz CT molecular complexity index is 345. The highest BCUT2D eigenvalue weighted by molar-refractivity contribution is 5.70. The summed E-state index contributed by atoms with van der Waals surface area (Å²) in [6, 6.07) is 7.72. The molecule has 14 heavy (non-hydrogen) atoms. The zero-order valence-corrected chi connectivity index (χ0v) is 8.12. The van der Waals surface area contributed by atoms with Gasteiger partial charge in [0.05, 0.1) is 0 Å². The van der Waals surface area contributed by atoms with E-state index in [1.54, 1.807) is 7.05 Å². The summed E-state index contributed by atoms with van der Waals surface area (Å²) in [7, 11) is 1.56. The summed E-state index contributed by atoms with van der Waals surface area (Å²) in [4.78, 5) is 11.0. The molecule has 1 amide bonds. The largest absolute Gasteiger partial charge is 0.412 e. The number of benzene rings is 1. The van der Waals surface area contributed by atoms with Crippen molar-refractivity contribution < 1.29 is 9.53 Å². The van der Waals surface area contributed by atoms with Crippen LogP contribution >= 0.6 is 0 Å². The second kappa shape index (κ2) is 3.70. The summed E-state index contributed by atoms with van der Waals surface area (Å²) in [5, 5.41) is 2.44. The number of carbonyl (C=O) groups excluding carboxylic acids is 1. The first kappa shape index (κ1) is 9.06. The average Bonchev–Trinajstić information content (AvgIpc) is 3.02. The number of hydrogen-bond donors (Lipinski definition) is 1. The lowest BCUT2D eigenvalue weighted by molar-refractivity contribution is 0.202. The van der Waals surface area contributed by atoms with E-state index in [0.717, 1.165) is 5.56 Å². The first-order valence-electron chi connectivity index (χ1n) is 4.79. The van der Waals surface area contributed by atoms with E-state index in [4.69, 9.17) is 4.74 Å². The van der Waals surface area contributed by atoms with Gasteiger partial charge in [-0.15, -0.1) is 0 Å². The minimum atomic E-state index is -0.405. The van der Waals surface area contributed by atoms with E-state index in [2.05, 4.69) is 5.32 Å². The molecule has 74 valence electrons. The normalized spacial score (nSPS) is 14.9. The highest BCUT2D eigenvalue weighted by atomic mass is 16.6. The quantitative estimate of drug-likeness (QED) is 0.778. The first-order chi connectivity index (χ1) is 6.81. The zero-order valence-electron chi connectivity index (χ0n) is 8.12. The monoisotopic (exact) mass is 191 g/mol. The third-order valence-electron chi connectivity index (χ3n) is 2.34. The number of amides is 1. The molecular formula is C11H13NO2. The molecule has 1 aliphatic carbocycles. The molecule has 0 spiro atoms. The lowest BCUT2D eigenvalue weighted by Crippen LogP contribution is -2.22. The van der Waals surface area contributed by atoms with Crippen LogP contribution in [0.4, 0.5) is 4.79 Å². The summed E-state index contributed by atoms with van der Waals surface area (Å²) in [5.41, 5.74) is 1.15. The van der Waals surface area contributed by atoms with Crippen molar-refractivity contribution in [3.63, 3.8) is 0 Å². The van der Waals surface area contributed by atoms with Gasteiger partial charge in [-0.2, -0.15) is 0 Å². The first-order valence-corrected chi connectivity index (χ1v) is 4.79. The van der Waals surface area contributed by atoms with Gasteiger partial charge < -0.3 is 10.1 Å². The summed E-state index contributed by atoms with van der Waals surface area (Å²) in [6.45, 7) is 0. The Morgan fingerprint density at radius 3 is 2.79 bits per heavy atom. The molecular weight excluding hydrogens is 178 g/mol. The van der Waals surface area contributed by atoms with Gasteiger partial charge in [0.1, 0.15) is 5.75 Å². The minimum Gasteiger partial charge on any atom is -0.410 e. The molecule has 0 saturated heterocycles. The topological polar surface area (TPSA) is 38.3 Å². The Kier molecular flexibility index (Phi) is 2.39. The maximum Gasteiger partial charge on any atom is 0.412 e. The van der Waals surface area contributed by atoms with E-state index in [1.165, 1.54) is 12.8 Å². The zero-order chi connectivity index (χ0) is 9.97. The van der Waals surface area contributed by atoms with Crippen LogP contribution in [0.2, 0.25) is 0 Å². The molecule has 2 rings (SSSR count). The average molecular weight is 191 g/mol. The molecule has 1 aromatic carbocycles. The van der Waals surface area contributed by atoms with Crippen LogP contribution in [0.15, 0.2) is 24.3 Å². The van der Waals surface area contributed by atoms with Gasteiger partial charge in [0, 0.05) is 7.05 Å². The van der Waals surface area contributed by atoms with Crippen molar-refractivity contribution in [3.05, 3.63) is 29.8 Å². The van der Waals surface area contributed by atoms with E-state index in [1.807, 2.05) is 24.3 Å². The van der Waals surface area contributed by atoms with E-state index in [9.17, 15) is 4.79 Å². The van der Waals surface area contributed by atoms with E-state index in [0.29, 0.717) is 11.7 Å². The third-order valence-corrected chi connectivity index (χ3v) is 2.34. The molecule has 1 fully saturated rings. The van der Waals surface area contributed by atoms with Crippen LogP contribution in [0.3, 0.4) is 0 Å². The molecule has 0 aromatic heterocycles. The van der Waals surface area contributed by atoms with Crippen molar-refractivity contribution >= 4 is 6.09 Å². The van der Waals surface area contributed by atoms with Gasteiger partial charge in [0.25, 0.3) is 0 Å². The summed E-state index contributed by atoms with van der Waals surface area (Å²) >= 11 is 0. The van der Waals surface area contributed by atoms with Gasteiger partial charge in [-0.3, -0.25) is 0 Å². The Hall–Kier alpha value is -1.51. The van der Waals surface area contributed by atoms with Crippen molar-refractivity contribution in [1.82, 2.24) is 5.32 Å². The molecule has 0 heterocycles. The predicted octanol–water partition coefficient (Wildman–Crippen LogP) is 2.28. The Labute approximate surface area is 83.1 Å². The molecule has 0 radical (unpaired) electrons. The standard InChI is InChI=1S/C11H13NO2/c1-12-11(13)14-10-5-3-2-4-9(10)8-6-7-8/h2-5,8H,6-7H2,1H3,(H,12,13). The van der Waals surface area contributed by atoms with E-state index >= 15 is 0 Å². The maximum absolute atomic E-state index is 11.0. The molecule has 0 atom stereocenters. The lowest BCUT2D eigenvalue weighted by Gasteiger charge is -2.07. The van der Waals surface area contributed by atoms with Crippen LogP contribution in [-0.4, -0.2) is 13.1 Å². The molecule has 1 aliphatic rings. The fourth-order valence-electron chi connectivity index (χ4n) is 1.46. The number of carbonyl (C=O) groups is 1. The Morgan fingerprint density at radius 2 is 2.14 bits per heavy atom. The van der Waals surface area contributed by atoms with Gasteiger partial charge in [-0.05, 0) is 30.4 Å². The molecule has 1 N–H and O–H groups in total. The van der Waals surface area contributed by atoms with E-state index in [-0.39, 0.29) is 0 Å². The predicted molar refractivity (Wildman–Crippen MR) is 53.5 cm³/mol. The van der Waals surface area contributed by atoms with Crippen molar-refractivity contribution in [1.29, 1.82) is 0 Å². The Morgan fingerprint density at radius 1 is 1.43 bits per heavy atom. The molecule has 1 aromatic rings. The molecule has 3 heteroatoms. The second-order valence-corrected chi connectivity index (χ2v) is 3.45. The SMILES string of the molecule is CNC(=O)Oc1ccccc1C1CC1. The smallest absolute Gasteiger partial charge is 0.410 e. The second-order valence-electron chi connectivity index (χ2n) is 3.45. The van der Waals surface area contributed by atoms with Crippen molar-refractivity contribution in [3.8, 4) is 5.75 Å². The molecule has 1 saturated carbocycles. The van der Waals surface area contributed by atoms with E-state index < -0.39 is 6.09 Å². The van der Waals surface area contributed by atoms with Crippen molar-refractivity contribution in [2.75, 3.05) is 7.05 Å². The third kappa shape index (κ3) is 1.87. The van der Waals surface area contributed by atoms with Crippen molar-refractivity contribution in [2.45, 2.75) is 18.8 Å². The number of para-hydroxylation sites is 1. The molecule has 0 aliphatic heterocycles. The van der Waals surface area contributed by atoms with Gasteiger partial charge in [-0.1, -0.05) is 18.2 Å².